The highest BCUT2D eigenvalue weighted by atomic mass is 32.1. The molecule has 1 fully saturated rings. The monoisotopic (exact) mass is 408 g/mol. The Balaban J connectivity index is 1.87. The fraction of sp³-hybridized carbons (Fsp3) is 0.273. The van der Waals surface area contributed by atoms with Crippen LogP contribution in [0.1, 0.15) is 30.4 Å². The van der Waals surface area contributed by atoms with Gasteiger partial charge in [-0.1, -0.05) is 6.07 Å². The molecule has 7 heteroatoms. The fourth-order valence-corrected chi connectivity index (χ4v) is 4.22. The molecule has 0 radical (unpaired) electrons. The summed E-state index contributed by atoms with van der Waals surface area (Å²) in [6.45, 7) is 3.01. The Morgan fingerprint density at radius 1 is 1.10 bits per heavy atom. The van der Waals surface area contributed by atoms with E-state index in [1.54, 1.807) is 14.2 Å². The van der Waals surface area contributed by atoms with E-state index in [0.717, 1.165) is 29.4 Å². The summed E-state index contributed by atoms with van der Waals surface area (Å²) in [5.41, 5.74) is 2.99. The Hall–Kier alpha value is -3.06. The van der Waals surface area contributed by atoms with E-state index in [9.17, 15) is 0 Å². The summed E-state index contributed by atoms with van der Waals surface area (Å²) in [5.74, 6) is 1.44. The first kappa shape index (κ1) is 19.3. The molecular weight excluding hydrogens is 384 g/mol. The number of benzene rings is 1. The molecule has 0 unspecified atom stereocenters. The predicted octanol–water partition coefficient (Wildman–Crippen LogP) is 4.10. The first-order chi connectivity index (χ1) is 14.2. The minimum atomic E-state index is -0.0873. The molecule has 4 rings (SSSR count). The highest BCUT2D eigenvalue weighted by Crippen LogP contribution is 2.45. The summed E-state index contributed by atoms with van der Waals surface area (Å²) >= 11 is 5.79. The van der Waals surface area contributed by atoms with Crippen LogP contribution in [0.2, 0.25) is 0 Å². The number of anilines is 1. The van der Waals surface area contributed by atoms with Gasteiger partial charge in [-0.3, -0.25) is 4.98 Å². The molecule has 150 valence electrons. The summed E-state index contributed by atoms with van der Waals surface area (Å²) in [6.07, 6.45) is 3.90. The number of nitrogens with one attached hydrogen (secondary N) is 1. The van der Waals surface area contributed by atoms with E-state index in [1.807, 2.05) is 42.6 Å². The van der Waals surface area contributed by atoms with E-state index < -0.39 is 0 Å². The number of methoxy groups -OCH3 is 2. The van der Waals surface area contributed by atoms with Crippen LogP contribution >= 0.6 is 12.2 Å². The van der Waals surface area contributed by atoms with Gasteiger partial charge in [-0.25, -0.2) is 0 Å². The Bertz CT molecular complexity index is 1010. The first-order valence-electron chi connectivity index (χ1n) is 9.55. The lowest BCUT2D eigenvalue weighted by Gasteiger charge is -2.29. The molecule has 0 spiro atoms. The first-order valence-corrected chi connectivity index (χ1v) is 9.96. The second-order valence-electron chi connectivity index (χ2n) is 6.75. The summed E-state index contributed by atoms with van der Waals surface area (Å²) in [4.78, 5) is 6.72. The fourth-order valence-electron chi connectivity index (χ4n) is 3.88. The van der Waals surface area contributed by atoms with Crippen molar-refractivity contribution in [2.75, 3.05) is 19.1 Å². The molecule has 0 saturated carbocycles. The molecule has 6 nitrogen and oxygen atoms in total. The van der Waals surface area contributed by atoms with E-state index in [2.05, 4.69) is 45.0 Å². The van der Waals surface area contributed by atoms with Crippen molar-refractivity contribution in [3.63, 3.8) is 0 Å². The van der Waals surface area contributed by atoms with Gasteiger partial charge in [0.15, 0.2) is 5.11 Å². The smallest absolute Gasteiger partial charge is 0.174 e. The molecule has 0 aliphatic carbocycles. The van der Waals surface area contributed by atoms with Crippen molar-refractivity contribution >= 4 is 23.0 Å². The quantitative estimate of drug-likeness (QED) is 0.620. The van der Waals surface area contributed by atoms with Crippen LogP contribution in [0.4, 0.5) is 5.69 Å². The summed E-state index contributed by atoms with van der Waals surface area (Å²) in [5, 5.41) is 4.12. The minimum absolute atomic E-state index is 0.0744. The predicted molar refractivity (Wildman–Crippen MR) is 118 cm³/mol. The summed E-state index contributed by atoms with van der Waals surface area (Å²) < 4.78 is 13.3. The molecule has 0 bridgehead atoms. The molecule has 1 aliphatic rings. The number of ether oxygens (including phenoxy) is 2. The number of pyridine rings is 1. The number of hydrogen-bond acceptors (Lipinski definition) is 4. The highest BCUT2D eigenvalue weighted by molar-refractivity contribution is 7.80. The average molecular weight is 409 g/mol. The van der Waals surface area contributed by atoms with E-state index in [-0.39, 0.29) is 12.1 Å². The maximum atomic E-state index is 5.79. The second-order valence-corrected chi connectivity index (χ2v) is 7.14. The maximum absolute atomic E-state index is 5.79. The molecule has 0 amide bonds. The van der Waals surface area contributed by atoms with Gasteiger partial charge in [0.2, 0.25) is 0 Å². The van der Waals surface area contributed by atoms with Crippen molar-refractivity contribution in [2.45, 2.75) is 25.6 Å². The molecule has 29 heavy (non-hydrogen) atoms. The lowest BCUT2D eigenvalue weighted by Crippen LogP contribution is -2.30. The van der Waals surface area contributed by atoms with Crippen LogP contribution in [0.25, 0.3) is 0 Å². The van der Waals surface area contributed by atoms with Gasteiger partial charge in [-0.05, 0) is 55.5 Å². The zero-order valence-corrected chi connectivity index (χ0v) is 17.5. The SMILES string of the molecule is CCn1cccc1[C@H]1[C@H](c2ccccn2)NC(=S)N1c1ccc(OC)cc1OC. The minimum Gasteiger partial charge on any atom is -0.497 e. The normalized spacial score (nSPS) is 18.6. The van der Waals surface area contributed by atoms with Gasteiger partial charge in [-0.2, -0.15) is 0 Å². The van der Waals surface area contributed by atoms with Gasteiger partial charge in [0, 0.05) is 30.7 Å². The number of rotatable bonds is 6. The number of hydrogen-bond donors (Lipinski definition) is 1. The molecule has 1 N–H and O–H groups in total. The summed E-state index contributed by atoms with van der Waals surface area (Å²) in [7, 11) is 3.30. The van der Waals surface area contributed by atoms with Gasteiger partial charge in [0.25, 0.3) is 0 Å². The maximum Gasteiger partial charge on any atom is 0.174 e. The van der Waals surface area contributed by atoms with Crippen LogP contribution in [0.3, 0.4) is 0 Å². The molecule has 1 saturated heterocycles. The largest absolute Gasteiger partial charge is 0.497 e. The molecule has 2 aromatic heterocycles. The Labute approximate surface area is 176 Å². The topological polar surface area (TPSA) is 51.6 Å². The molecule has 2 atom stereocenters. The highest BCUT2D eigenvalue weighted by Gasteiger charge is 2.42. The molecule has 1 aromatic carbocycles. The van der Waals surface area contributed by atoms with Crippen LogP contribution in [-0.4, -0.2) is 28.9 Å². The van der Waals surface area contributed by atoms with Crippen LogP contribution < -0.4 is 19.7 Å². The van der Waals surface area contributed by atoms with Gasteiger partial charge < -0.3 is 24.3 Å². The van der Waals surface area contributed by atoms with Crippen molar-refractivity contribution in [3.8, 4) is 11.5 Å². The zero-order valence-electron chi connectivity index (χ0n) is 16.7. The number of nitrogens with zero attached hydrogens (tertiary/aromatic N) is 3. The van der Waals surface area contributed by atoms with Crippen LogP contribution in [0.15, 0.2) is 60.9 Å². The lowest BCUT2D eigenvalue weighted by atomic mass is 10.0. The van der Waals surface area contributed by atoms with Crippen LogP contribution in [-0.2, 0) is 6.54 Å². The number of thiocarbonyl (C=S) groups is 1. The Morgan fingerprint density at radius 2 is 1.97 bits per heavy atom. The third kappa shape index (κ3) is 3.42. The molecule has 3 heterocycles. The van der Waals surface area contributed by atoms with Crippen molar-refractivity contribution in [1.29, 1.82) is 0 Å². The van der Waals surface area contributed by atoms with Crippen molar-refractivity contribution < 1.29 is 9.47 Å². The van der Waals surface area contributed by atoms with E-state index >= 15 is 0 Å². The Morgan fingerprint density at radius 3 is 2.66 bits per heavy atom. The Kier molecular flexibility index (Phi) is 5.40. The van der Waals surface area contributed by atoms with Gasteiger partial charge in [0.1, 0.15) is 17.5 Å². The molecule has 1 aliphatic heterocycles. The lowest BCUT2D eigenvalue weighted by molar-refractivity contribution is 0.394. The second kappa shape index (κ2) is 8.13. The van der Waals surface area contributed by atoms with Gasteiger partial charge in [0.05, 0.1) is 31.6 Å². The summed E-state index contributed by atoms with van der Waals surface area (Å²) in [6, 6.07) is 15.8. The van der Waals surface area contributed by atoms with Crippen molar-refractivity contribution in [3.05, 3.63) is 72.3 Å². The van der Waals surface area contributed by atoms with E-state index in [0.29, 0.717) is 10.9 Å². The third-order valence-electron chi connectivity index (χ3n) is 5.25. The van der Waals surface area contributed by atoms with Crippen molar-refractivity contribution in [1.82, 2.24) is 14.9 Å². The van der Waals surface area contributed by atoms with Gasteiger partial charge in [-0.15, -0.1) is 0 Å². The van der Waals surface area contributed by atoms with Crippen molar-refractivity contribution in [2.24, 2.45) is 0 Å². The van der Waals surface area contributed by atoms with Crippen LogP contribution in [0, 0.1) is 0 Å². The van der Waals surface area contributed by atoms with Gasteiger partial charge >= 0.3 is 0 Å². The number of aromatic nitrogens is 2. The van der Waals surface area contributed by atoms with Crippen LogP contribution in [0.5, 0.6) is 11.5 Å². The van der Waals surface area contributed by atoms with E-state index in [4.69, 9.17) is 21.7 Å². The third-order valence-corrected chi connectivity index (χ3v) is 5.57. The molecular formula is C22H24N4O2S. The average Bonchev–Trinajstić information content (AvgIpc) is 3.37. The standard InChI is InChI=1S/C22H24N4O2S/c1-4-25-13-7-9-18(25)21-20(16-8-5-6-12-23-16)24-22(29)26(21)17-11-10-15(27-2)14-19(17)28-3/h5-14,20-21H,4H2,1-3H3,(H,24,29)/t20-,21-/m0/s1. The molecule has 3 aromatic rings. The zero-order chi connectivity index (χ0) is 20.4. The number of aryl methyl sites for hydroxylation is 1. The van der Waals surface area contributed by atoms with E-state index in [1.165, 1.54) is 0 Å².